The highest BCUT2D eigenvalue weighted by Gasteiger charge is 2.36. The van der Waals surface area contributed by atoms with E-state index in [-0.39, 0.29) is 12.0 Å². The molecule has 0 atom stereocenters. The number of benzene rings is 6. The number of aliphatic hydroxyl groups is 1. The van der Waals surface area contributed by atoms with E-state index in [4.69, 9.17) is 4.74 Å². The molecule has 0 heterocycles. The van der Waals surface area contributed by atoms with Gasteiger partial charge in [0.05, 0.1) is 13.7 Å². The average Bonchev–Trinajstić information content (AvgIpc) is 3.17. The second kappa shape index (κ2) is 14.2. The molecule has 0 radical (unpaired) electrons. The van der Waals surface area contributed by atoms with Crippen LogP contribution < -0.4 is 14.5 Å². The highest BCUT2D eigenvalue weighted by atomic mass is 16.5. The van der Waals surface area contributed by atoms with Crippen LogP contribution >= 0.6 is 0 Å². The lowest BCUT2D eigenvalue weighted by Crippen LogP contribution is -2.30. The summed E-state index contributed by atoms with van der Waals surface area (Å²) in [5.41, 5.74) is 10.1. The molecular weight excluding hydrogens is 588 g/mol. The zero-order valence-corrected chi connectivity index (χ0v) is 27.5. The first-order valence-corrected chi connectivity index (χ1v) is 16.9. The molecule has 0 aromatic heterocycles. The van der Waals surface area contributed by atoms with Gasteiger partial charge in [-0.3, -0.25) is 0 Å². The van der Waals surface area contributed by atoms with Gasteiger partial charge in [-0.25, -0.2) is 0 Å². The van der Waals surface area contributed by atoms with Crippen LogP contribution in [-0.2, 0) is 12.0 Å². The summed E-state index contributed by atoms with van der Waals surface area (Å²) in [5, 5.41) is 9.86. The van der Waals surface area contributed by atoms with E-state index in [2.05, 4.69) is 137 Å². The summed E-state index contributed by atoms with van der Waals surface area (Å²) in [6.45, 7) is 0.0133. The summed E-state index contributed by atoms with van der Waals surface area (Å²) >= 11 is 0. The number of aliphatic hydroxyl groups excluding tert-OH is 1. The standard InChI is InChI=1S/C44H42N2O2/c1-48-43-20-12-19-42(32-43)46(38-16-7-3-8-17-38)40-27-23-36(24-28-40)44(29-9-4-10-30-44)35-21-25-39(26-22-35)45(37-14-5-2-6-15-37)41-18-11-13-34(31-41)33-47/h2-3,5-8,11-28,31-32,47H,4,9-10,29-30,33H2,1H3. The van der Waals surface area contributed by atoms with Gasteiger partial charge in [0.25, 0.3) is 0 Å². The van der Waals surface area contributed by atoms with E-state index in [1.165, 1.54) is 30.4 Å². The molecule has 7 rings (SSSR count). The van der Waals surface area contributed by atoms with Crippen LogP contribution in [0.3, 0.4) is 0 Å². The van der Waals surface area contributed by atoms with E-state index >= 15 is 0 Å². The Morgan fingerprint density at radius 1 is 0.500 bits per heavy atom. The molecule has 0 spiro atoms. The van der Waals surface area contributed by atoms with Gasteiger partial charge in [-0.2, -0.15) is 0 Å². The number of rotatable bonds is 10. The van der Waals surface area contributed by atoms with Gasteiger partial charge in [0.2, 0.25) is 0 Å². The molecule has 1 N–H and O–H groups in total. The lowest BCUT2D eigenvalue weighted by Gasteiger charge is -2.39. The van der Waals surface area contributed by atoms with Crippen molar-refractivity contribution in [3.05, 3.63) is 174 Å². The Balaban J connectivity index is 1.25. The molecule has 0 unspecified atom stereocenters. The summed E-state index contributed by atoms with van der Waals surface area (Å²) < 4.78 is 5.58. The van der Waals surface area contributed by atoms with Crippen LogP contribution in [0.15, 0.2) is 158 Å². The van der Waals surface area contributed by atoms with Crippen LogP contribution in [0.2, 0.25) is 0 Å². The number of para-hydroxylation sites is 2. The first kappa shape index (κ1) is 31.3. The third kappa shape index (κ3) is 6.32. The molecule has 240 valence electrons. The monoisotopic (exact) mass is 630 g/mol. The molecule has 0 saturated heterocycles. The molecule has 48 heavy (non-hydrogen) atoms. The van der Waals surface area contributed by atoms with E-state index in [0.29, 0.717) is 0 Å². The molecular formula is C44H42N2O2. The van der Waals surface area contributed by atoms with Gasteiger partial charge in [-0.05, 0) is 102 Å². The van der Waals surface area contributed by atoms with Crippen molar-refractivity contribution in [2.24, 2.45) is 0 Å². The Labute approximate surface area is 284 Å². The van der Waals surface area contributed by atoms with Gasteiger partial charge in [-0.15, -0.1) is 0 Å². The van der Waals surface area contributed by atoms with Gasteiger partial charge in [0, 0.05) is 45.6 Å². The van der Waals surface area contributed by atoms with E-state index in [1.54, 1.807) is 7.11 Å². The van der Waals surface area contributed by atoms with Gasteiger partial charge in [0.15, 0.2) is 0 Å². The third-order valence-electron chi connectivity index (χ3n) is 9.75. The van der Waals surface area contributed by atoms with E-state index in [0.717, 1.165) is 58.3 Å². The van der Waals surface area contributed by atoms with Crippen molar-refractivity contribution in [3.63, 3.8) is 0 Å². The molecule has 6 aromatic carbocycles. The Hall–Kier alpha value is -5.32. The molecule has 1 fully saturated rings. The minimum Gasteiger partial charge on any atom is -0.497 e. The molecule has 0 amide bonds. The van der Waals surface area contributed by atoms with Crippen molar-refractivity contribution >= 4 is 34.1 Å². The highest BCUT2D eigenvalue weighted by molar-refractivity contribution is 5.78. The molecule has 0 bridgehead atoms. The Kier molecular flexibility index (Phi) is 9.26. The van der Waals surface area contributed by atoms with Crippen LogP contribution in [0.4, 0.5) is 34.1 Å². The highest BCUT2D eigenvalue weighted by Crippen LogP contribution is 2.47. The quantitative estimate of drug-likeness (QED) is 0.163. The summed E-state index contributed by atoms with van der Waals surface area (Å²) in [6.07, 6.45) is 5.97. The van der Waals surface area contributed by atoms with Crippen molar-refractivity contribution in [2.75, 3.05) is 16.9 Å². The Bertz CT molecular complexity index is 1780. The van der Waals surface area contributed by atoms with Crippen molar-refractivity contribution in [3.8, 4) is 5.75 Å². The zero-order chi connectivity index (χ0) is 32.8. The fraction of sp³-hybridized carbons (Fsp3) is 0.182. The van der Waals surface area contributed by atoms with Gasteiger partial charge in [0.1, 0.15) is 5.75 Å². The second-order valence-electron chi connectivity index (χ2n) is 12.6. The SMILES string of the molecule is COc1cccc(N(c2ccccc2)c2ccc(C3(c4ccc(N(c5ccccc5)c5cccc(CO)c5)cc4)CCCCC3)cc2)c1. The maximum atomic E-state index is 9.86. The number of nitrogens with zero attached hydrogens (tertiary/aromatic N) is 2. The molecule has 1 aliphatic rings. The molecule has 4 nitrogen and oxygen atoms in total. The first-order chi connectivity index (χ1) is 23.7. The maximum absolute atomic E-state index is 9.86. The molecule has 6 aromatic rings. The third-order valence-corrected chi connectivity index (χ3v) is 9.75. The summed E-state index contributed by atoms with van der Waals surface area (Å²) in [6, 6.07) is 55.8. The lowest BCUT2D eigenvalue weighted by atomic mass is 9.65. The van der Waals surface area contributed by atoms with E-state index < -0.39 is 0 Å². The number of ether oxygens (including phenoxy) is 1. The number of hydrogen-bond donors (Lipinski definition) is 1. The molecule has 0 aliphatic heterocycles. The van der Waals surface area contributed by atoms with Crippen molar-refractivity contribution in [1.29, 1.82) is 0 Å². The Morgan fingerprint density at radius 2 is 0.958 bits per heavy atom. The van der Waals surface area contributed by atoms with E-state index in [9.17, 15) is 5.11 Å². The average molecular weight is 631 g/mol. The van der Waals surface area contributed by atoms with Crippen LogP contribution in [0.5, 0.6) is 5.75 Å². The molecule has 4 heteroatoms. The molecule has 1 saturated carbocycles. The lowest BCUT2D eigenvalue weighted by molar-refractivity contribution is 0.282. The topological polar surface area (TPSA) is 35.9 Å². The van der Waals surface area contributed by atoms with Crippen LogP contribution in [0, 0.1) is 0 Å². The van der Waals surface area contributed by atoms with Crippen LogP contribution in [-0.4, -0.2) is 12.2 Å². The largest absolute Gasteiger partial charge is 0.497 e. The minimum atomic E-state index is -0.0444. The van der Waals surface area contributed by atoms with Gasteiger partial charge >= 0.3 is 0 Å². The smallest absolute Gasteiger partial charge is 0.120 e. The van der Waals surface area contributed by atoms with Crippen molar-refractivity contribution < 1.29 is 9.84 Å². The number of anilines is 6. The number of hydrogen-bond acceptors (Lipinski definition) is 4. The molecule has 1 aliphatic carbocycles. The van der Waals surface area contributed by atoms with Crippen molar-refractivity contribution in [1.82, 2.24) is 0 Å². The normalized spacial score (nSPS) is 13.9. The first-order valence-electron chi connectivity index (χ1n) is 16.9. The van der Waals surface area contributed by atoms with Crippen LogP contribution in [0.25, 0.3) is 0 Å². The summed E-state index contributed by atoms with van der Waals surface area (Å²) in [7, 11) is 1.71. The predicted octanol–water partition coefficient (Wildman–Crippen LogP) is 11.4. The summed E-state index contributed by atoms with van der Waals surface area (Å²) in [4.78, 5) is 4.56. The van der Waals surface area contributed by atoms with Crippen molar-refractivity contribution in [2.45, 2.75) is 44.1 Å². The fourth-order valence-corrected chi connectivity index (χ4v) is 7.35. The fourth-order valence-electron chi connectivity index (χ4n) is 7.35. The van der Waals surface area contributed by atoms with Gasteiger partial charge < -0.3 is 19.6 Å². The van der Waals surface area contributed by atoms with E-state index in [1.807, 2.05) is 30.3 Å². The minimum absolute atomic E-state index is 0.0133. The zero-order valence-electron chi connectivity index (χ0n) is 27.5. The predicted molar refractivity (Wildman–Crippen MR) is 199 cm³/mol. The Morgan fingerprint density at radius 3 is 1.46 bits per heavy atom. The second-order valence-corrected chi connectivity index (χ2v) is 12.6. The van der Waals surface area contributed by atoms with Gasteiger partial charge in [-0.1, -0.05) is 98.1 Å². The van der Waals surface area contributed by atoms with Crippen LogP contribution in [0.1, 0.15) is 48.8 Å². The maximum Gasteiger partial charge on any atom is 0.120 e. The summed E-state index contributed by atoms with van der Waals surface area (Å²) in [5.74, 6) is 0.835. The number of methoxy groups -OCH3 is 1.